The Hall–Kier alpha value is -1.44. The van der Waals surface area contributed by atoms with Gasteiger partial charge in [-0.05, 0) is 70.6 Å². The van der Waals surface area contributed by atoms with E-state index in [2.05, 4.69) is 50.3 Å². The van der Waals surface area contributed by atoms with Gasteiger partial charge in [-0.1, -0.05) is 192 Å². The Morgan fingerprint density at radius 1 is 0.485 bits per heavy atom. The second kappa shape index (κ2) is 43.6. The molecule has 6 atom stereocenters. The van der Waals surface area contributed by atoms with E-state index in [1.807, 2.05) is 0 Å². The molecule has 13 heteroatoms. The van der Waals surface area contributed by atoms with Crippen LogP contribution in [0.5, 0.6) is 0 Å². The van der Waals surface area contributed by atoms with Gasteiger partial charge in [0, 0.05) is 13.0 Å². The number of ether oxygens (including phenoxy) is 2. The van der Waals surface area contributed by atoms with Gasteiger partial charge in [0.05, 0.1) is 13.2 Å². The number of aliphatic hydroxyl groups is 5. The van der Waals surface area contributed by atoms with Gasteiger partial charge in [0.1, 0.15) is 42.7 Å². The number of phosphoric acid groups is 1. The molecule has 6 N–H and O–H groups in total. The van der Waals surface area contributed by atoms with Crippen molar-refractivity contribution in [3.8, 4) is 0 Å². The molecule has 388 valence electrons. The molecule has 6 unspecified atom stereocenters. The Kier molecular flexibility index (Phi) is 41.3. The van der Waals surface area contributed by atoms with Crippen LogP contribution >= 0.6 is 7.82 Å². The first-order chi connectivity index (χ1) is 32.0. The molecule has 0 spiro atoms. The van der Waals surface area contributed by atoms with Crippen LogP contribution < -0.4 is 0 Å². The maximum absolute atomic E-state index is 12.9. The average Bonchev–Trinajstić information content (AvgIpc) is 3.30. The van der Waals surface area contributed by atoms with Crippen molar-refractivity contribution >= 4 is 13.8 Å². The summed E-state index contributed by atoms with van der Waals surface area (Å²) in [5, 5.41) is 50.3. The number of carbonyl (C=O) groups is 1. The van der Waals surface area contributed by atoms with Crippen LogP contribution in [0, 0.1) is 0 Å². The second-order valence-electron chi connectivity index (χ2n) is 18.7. The number of hydrogen-bond acceptors (Lipinski definition) is 11. The van der Waals surface area contributed by atoms with Crippen LogP contribution in [0.1, 0.15) is 232 Å². The summed E-state index contributed by atoms with van der Waals surface area (Å²) in [4.78, 5) is 23.2. The molecule has 12 nitrogen and oxygen atoms in total. The lowest BCUT2D eigenvalue weighted by Gasteiger charge is -2.41. The molecule has 0 bridgehead atoms. The summed E-state index contributed by atoms with van der Waals surface area (Å²) >= 11 is 0. The monoisotopic (exact) mass is 959 g/mol. The lowest BCUT2D eigenvalue weighted by atomic mass is 9.85. The van der Waals surface area contributed by atoms with Crippen molar-refractivity contribution < 1.29 is 58.3 Å². The number of carbonyl (C=O) groups excluding carboxylic acids is 1. The minimum Gasteiger partial charge on any atom is -0.457 e. The minimum atomic E-state index is -5.03. The van der Waals surface area contributed by atoms with Crippen molar-refractivity contribution in [3.05, 3.63) is 36.5 Å². The third-order valence-corrected chi connectivity index (χ3v) is 13.5. The molecule has 0 aromatic carbocycles. The van der Waals surface area contributed by atoms with Gasteiger partial charge in [-0.25, -0.2) is 4.57 Å². The maximum Gasteiger partial charge on any atom is 0.472 e. The van der Waals surface area contributed by atoms with E-state index in [9.17, 15) is 39.8 Å². The minimum absolute atomic E-state index is 0.0811. The lowest BCUT2D eigenvalue weighted by molar-refractivity contribution is -0.220. The van der Waals surface area contributed by atoms with Crippen molar-refractivity contribution in [2.75, 3.05) is 19.8 Å². The quantitative estimate of drug-likeness (QED) is 0.0147. The van der Waals surface area contributed by atoms with Crippen molar-refractivity contribution in [1.29, 1.82) is 0 Å². The Morgan fingerprint density at radius 2 is 0.848 bits per heavy atom. The highest BCUT2D eigenvalue weighted by atomic mass is 31.2. The normalized spacial score (nSPS) is 21.6. The SMILES string of the molecule is CCCCC/C=C\C/C=C\CCCCCCCC(=O)OC(COCCCCCCCCCCCCCC/C=C\CCCCCCCCCC)COP(=O)(O)OC1C(O)C(O)C(O)C(O)C1O. The fraction of sp³-hybridized carbons (Fsp3) is 0.868. The molecule has 0 aliphatic heterocycles. The largest absolute Gasteiger partial charge is 0.472 e. The third-order valence-electron chi connectivity index (χ3n) is 12.5. The van der Waals surface area contributed by atoms with Gasteiger partial charge < -0.3 is 39.9 Å². The second-order valence-corrected chi connectivity index (χ2v) is 20.1. The van der Waals surface area contributed by atoms with E-state index in [1.165, 1.54) is 141 Å². The average molecular weight is 959 g/mol. The summed E-state index contributed by atoms with van der Waals surface area (Å²) < 4.78 is 34.3. The van der Waals surface area contributed by atoms with Gasteiger partial charge in [0.2, 0.25) is 0 Å². The topological polar surface area (TPSA) is 192 Å². The number of hydrogen-bond donors (Lipinski definition) is 6. The number of aliphatic hydroxyl groups excluding tert-OH is 5. The van der Waals surface area contributed by atoms with E-state index < -0.39 is 63.1 Å². The van der Waals surface area contributed by atoms with Crippen LogP contribution in [-0.4, -0.2) is 98.9 Å². The van der Waals surface area contributed by atoms with Gasteiger partial charge in [-0.15, -0.1) is 0 Å². The number of unbranched alkanes of at least 4 members (excludes halogenated alkanes) is 28. The van der Waals surface area contributed by atoms with Gasteiger partial charge in [0.25, 0.3) is 0 Å². The van der Waals surface area contributed by atoms with E-state index in [1.54, 1.807) is 0 Å². The molecule has 0 aromatic rings. The van der Waals surface area contributed by atoms with E-state index in [0.717, 1.165) is 64.2 Å². The summed E-state index contributed by atoms with van der Waals surface area (Å²) in [7, 11) is -5.03. The van der Waals surface area contributed by atoms with Crippen LogP contribution in [0.15, 0.2) is 36.5 Å². The zero-order valence-corrected chi connectivity index (χ0v) is 42.6. The zero-order chi connectivity index (χ0) is 48.4. The summed E-state index contributed by atoms with van der Waals surface area (Å²) in [5.41, 5.74) is 0. The molecule has 0 amide bonds. The lowest BCUT2D eigenvalue weighted by Crippen LogP contribution is -2.64. The van der Waals surface area contributed by atoms with Crippen LogP contribution in [0.25, 0.3) is 0 Å². The Balaban J connectivity index is 2.29. The molecule has 0 heterocycles. The Labute approximate surface area is 402 Å². The molecular formula is C53H99O12P. The highest BCUT2D eigenvalue weighted by Crippen LogP contribution is 2.47. The van der Waals surface area contributed by atoms with Crippen LogP contribution in [0.4, 0.5) is 0 Å². The van der Waals surface area contributed by atoms with E-state index in [0.29, 0.717) is 13.0 Å². The van der Waals surface area contributed by atoms with Gasteiger partial charge >= 0.3 is 13.8 Å². The molecule has 1 aliphatic carbocycles. The van der Waals surface area contributed by atoms with Crippen LogP contribution in [0.3, 0.4) is 0 Å². The fourth-order valence-corrected chi connectivity index (χ4v) is 9.18. The van der Waals surface area contributed by atoms with E-state index in [-0.39, 0.29) is 13.0 Å². The van der Waals surface area contributed by atoms with Gasteiger partial charge in [-0.2, -0.15) is 0 Å². The van der Waals surface area contributed by atoms with Crippen molar-refractivity contribution in [3.63, 3.8) is 0 Å². The summed E-state index contributed by atoms with van der Waals surface area (Å²) in [6.07, 6.45) is 40.7. The van der Waals surface area contributed by atoms with Crippen molar-refractivity contribution in [1.82, 2.24) is 0 Å². The molecule has 0 radical (unpaired) electrons. The van der Waals surface area contributed by atoms with Gasteiger partial charge in [0.15, 0.2) is 0 Å². The smallest absolute Gasteiger partial charge is 0.457 e. The third kappa shape index (κ3) is 34.8. The number of esters is 1. The highest BCUT2D eigenvalue weighted by molar-refractivity contribution is 7.47. The van der Waals surface area contributed by atoms with Crippen LogP contribution in [0.2, 0.25) is 0 Å². The molecule has 0 saturated heterocycles. The van der Waals surface area contributed by atoms with Crippen molar-refractivity contribution in [2.24, 2.45) is 0 Å². The molecule has 1 fully saturated rings. The van der Waals surface area contributed by atoms with Gasteiger partial charge in [-0.3, -0.25) is 13.8 Å². The first-order valence-electron chi connectivity index (χ1n) is 26.8. The highest BCUT2D eigenvalue weighted by Gasteiger charge is 2.51. The molecule has 1 saturated carbocycles. The van der Waals surface area contributed by atoms with Crippen LogP contribution in [-0.2, 0) is 27.9 Å². The van der Waals surface area contributed by atoms with E-state index >= 15 is 0 Å². The van der Waals surface area contributed by atoms with E-state index in [4.69, 9.17) is 18.5 Å². The number of phosphoric ester groups is 1. The molecule has 1 rings (SSSR count). The Morgan fingerprint density at radius 3 is 1.32 bits per heavy atom. The fourth-order valence-electron chi connectivity index (χ4n) is 8.21. The molecular weight excluding hydrogens is 860 g/mol. The predicted molar refractivity (Wildman–Crippen MR) is 267 cm³/mol. The first kappa shape index (κ1) is 62.6. The summed E-state index contributed by atoms with van der Waals surface area (Å²) in [5.74, 6) is -0.489. The summed E-state index contributed by atoms with van der Waals surface area (Å²) in [6, 6.07) is 0. The Bertz CT molecular complexity index is 1230. The summed E-state index contributed by atoms with van der Waals surface area (Å²) in [6.45, 7) is 4.24. The maximum atomic E-state index is 12.9. The standard InChI is InChI=1S/C53H99O12P/c1-3-5-7-9-11-13-15-17-19-20-21-22-23-24-25-26-27-29-31-33-35-37-39-41-43-62-44-46(45-63-66(60,61)65-53-51(58)49(56)48(55)50(57)52(53)59)64-47(54)42-40-38-36-34-32-30-28-18-16-14-12-10-8-6-4-2/h12,14,18,20-21,28,46,48-53,55-59H,3-11,13,15-17,19,22-27,29-45H2,1-2H3,(H,60,61)/b14-12-,21-20-,28-18-. The van der Waals surface area contributed by atoms with Crippen molar-refractivity contribution in [2.45, 2.75) is 275 Å². The molecule has 66 heavy (non-hydrogen) atoms. The number of allylic oxidation sites excluding steroid dienone is 6. The number of rotatable bonds is 46. The molecule has 1 aliphatic rings. The first-order valence-corrected chi connectivity index (χ1v) is 28.3. The predicted octanol–water partition coefficient (Wildman–Crippen LogP) is 12.2. The zero-order valence-electron chi connectivity index (χ0n) is 41.7. The molecule has 0 aromatic heterocycles.